The van der Waals surface area contributed by atoms with Crippen molar-refractivity contribution in [1.29, 1.82) is 0 Å². The van der Waals surface area contributed by atoms with Crippen molar-refractivity contribution < 1.29 is 0 Å². The van der Waals surface area contributed by atoms with Crippen LogP contribution < -0.4 is 4.90 Å². The summed E-state index contributed by atoms with van der Waals surface area (Å²) in [5.74, 6) is 0.321. The van der Waals surface area contributed by atoms with Crippen LogP contribution in [0.5, 0.6) is 0 Å². The molecule has 6 aromatic carbocycles. The van der Waals surface area contributed by atoms with Gasteiger partial charge in [-0.25, -0.2) is 0 Å². The largest absolute Gasteiger partial charge is 0.343 e. The molecule has 0 saturated carbocycles. The molecule has 2 nitrogen and oxygen atoms in total. The van der Waals surface area contributed by atoms with E-state index in [-0.39, 0.29) is 0 Å². The number of anilines is 2. The quantitative estimate of drug-likeness (QED) is 0.177. The molecule has 1 atom stereocenters. The van der Waals surface area contributed by atoms with E-state index in [1.807, 2.05) is 0 Å². The zero-order chi connectivity index (χ0) is 31.3. The fourth-order valence-electron chi connectivity index (χ4n) is 8.13. The van der Waals surface area contributed by atoms with Gasteiger partial charge in [0.1, 0.15) is 0 Å². The lowest BCUT2D eigenvalue weighted by Gasteiger charge is -2.29. The van der Waals surface area contributed by atoms with Gasteiger partial charge in [0.2, 0.25) is 0 Å². The summed E-state index contributed by atoms with van der Waals surface area (Å²) in [6, 6.07) is 44.9. The summed E-state index contributed by atoms with van der Waals surface area (Å²) in [5, 5.41) is 7.98. The van der Waals surface area contributed by atoms with Crippen molar-refractivity contribution in [1.82, 2.24) is 4.57 Å². The second-order valence-electron chi connectivity index (χ2n) is 13.2. The van der Waals surface area contributed by atoms with Crippen LogP contribution in [0.15, 0.2) is 151 Å². The van der Waals surface area contributed by atoms with E-state index < -0.39 is 0 Å². The van der Waals surface area contributed by atoms with Crippen LogP contribution in [0.3, 0.4) is 0 Å². The van der Waals surface area contributed by atoms with E-state index in [2.05, 4.69) is 162 Å². The number of benzene rings is 6. The number of aromatic nitrogens is 1. The average molecular weight is 607 g/mol. The molecule has 7 aromatic rings. The van der Waals surface area contributed by atoms with Gasteiger partial charge in [0.25, 0.3) is 0 Å². The molecule has 0 radical (unpaired) electrons. The van der Waals surface area contributed by atoms with Crippen LogP contribution >= 0.6 is 0 Å². The number of nitrogens with zero attached hydrogens (tertiary/aromatic N) is 2. The Kier molecular flexibility index (Phi) is 6.82. The van der Waals surface area contributed by atoms with Crippen molar-refractivity contribution in [2.24, 2.45) is 7.05 Å². The number of fused-ring (bicyclic) bond motifs is 8. The smallest absolute Gasteiger partial charge is 0.0574 e. The lowest BCUT2D eigenvalue weighted by atomic mass is 9.89. The number of aryl methyl sites for hydroxylation is 1. The summed E-state index contributed by atoms with van der Waals surface area (Å²) in [6.45, 7) is 0. The van der Waals surface area contributed by atoms with Gasteiger partial charge in [-0.05, 0) is 107 Å². The summed E-state index contributed by atoms with van der Waals surface area (Å²) in [5.41, 5.74) is 10.4. The van der Waals surface area contributed by atoms with E-state index in [4.69, 9.17) is 0 Å². The Bertz CT molecular complexity index is 2400. The molecule has 0 N–H and O–H groups in total. The van der Waals surface area contributed by atoms with Gasteiger partial charge in [0.05, 0.1) is 5.52 Å². The van der Waals surface area contributed by atoms with Crippen molar-refractivity contribution in [2.45, 2.75) is 38.0 Å². The molecule has 2 heteroatoms. The van der Waals surface area contributed by atoms with Crippen molar-refractivity contribution in [3.05, 3.63) is 162 Å². The van der Waals surface area contributed by atoms with E-state index in [1.165, 1.54) is 103 Å². The average Bonchev–Trinajstić information content (AvgIpc) is 3.45. The van der Waals surface area contributed by atoms with E-state index in [1.54, 1.807) is 0 Å². The van der Waals surface area contributed by atoms with Gasteiger partial charge in [-0.2, -0.15) is 0 Å². The van der Waals surface area contributed by atoms with Crippen molar-refractivity contribution in [2.75, 3.05) is 4.90 Å². The highest BCUT2D eigenvalue weighted by molar-refractivity contribution is 6.31. The second kappa shape index (κ2) is 11.5. The topological polar surface area (TPSA) is 8.17 Å². The zero-order valence-electron chi connectivity index (χ0n) is 26.9. The Balaban J connectivity index is 1.11. The maximum Gasteiger partial charge on any atom is 0.0574 e. The summed E-state index contributed by atoms with van der Waals surface area (Å²) in [4.78, 5) is 2.42. The lowest BCUT2D eigenvalue weighted by molar-refractivity contribution is 0.742. The molecule has 228 valence electrons. The molecular formula is C45H38N2. The normalized spacial score (nSPS) is 16.6. The highest BCUT2D eigenvalue weighted by atomic mass is 15.1. The van der Waals surface area contributed by atoms with E-state index in [9.17, 15) is 0 Å². The van der Waals surface area contributed by atoms with E-state index >= 15 is 0 Å². The molecule has 0 fully saturated rings. The molecule has 9 rings (SSSR count). The summed E-state index contributed by atoms with van der Waals surface area (Å²) in [7, 11) is 2.22. The first-order valence-corrected chi connectivity index (χ1v) is 17.1. The molecule has 1 unspecified atom stereocenters. The van der Waals surface area contributed by atoms with E-state index in [0.717, 1.165) is 6.42 Å². The monoisotopic (exact) mass is 606 g/mol. The molecule has 1 heterocycles. The summed E-state index contributed by atoms with van der Waals surface area (Å²) in [6.07, 6.45) is 15.5. The Morgan fingerprint density at radius 1 is 0.638 bits per heavy atom. The molecule has 0 saturated heterocycles. The number of hydrogen-bond acceptors (Lipinski definition) is 1. The second-order valence-corrected chi connectivity index (χ2v) is 13.2. The van der Waals surface area contributed by atoms with Gasteiger partial charge in [-0.1, -0.05) is 103 Å². The van der Waals surface area contributed by atoms with Gasteiger partial charge in [-0.15, -0.1) is 0 Å². The van der Waals surface area contributed by atoms with Crippen LogP contribution in [0.25, 0.3) is 48.9 Å². The van der Waals surface area contributed by atoms with Crippen LogP contribution in [0, 0.1) is 0 Å². The van der Waals surface area contributed by atoms with Crippen LogP contribution in [0.4, 0.5) is 11.4 Å². The maximum absolute atomic E-state index is 2.46. The first kappa shape index (κ1) is 27.9. The predicted octanol–water partition coefficient (Wildman–Crippen LogP) is 12.4. The minimum Gasteiger partial charge on any atom is -0.343 e. The van der Waals surface area contributed by atoms with Gasteiger partial charge in [0.15, 0.2) is 0 Å². The predicted molar refractivity (Wildman–Crippen MR) is 201 cm³/mol. The first-order chi connectivity index (χ1) is 23.2. The fraction of sp³-hybridized carbons (Fsp3) is 0.156. The van der Waals surface area contributed by atoms with Crippen molar-refractivity contribution in [3.63, 3.8) is 0 Å². The highest BCUT2D eigenvalue weighted by Crippen LogP contribution is 2.42. The molecule has 2 aliphatic carbocycles. The number of rotatable bonds is 5. The third-order valence-electron chi connectivity index (χ3n) is 10.4. The summed E-state index contributed by atoms with van der Waals surface area (Å²) < 4.78 is 2.40. The van der Waals surface area contributed by atoms with Crippen molar-refractivity contribution >= 4 is 60.3 Å². The first-order valence-electron chi connectivity index (χ1n) is 17.1. The molecule has 1 aromatic heterocycles. The minimum absolute atomic E-state index is 0.321. The SMILES string of the molecule is Cn1c2ccc(C3C=CC(N(c4ccccc4)c4cccc(C5=CCCCC5)c4)=CC3)cc2c2c3ccccc3c3ccccc3c21. The number of hydrogen-bond donors (Lipinski definition) is 0. The Hall–Kier alpha value is -5.34. The number of allylic oxidation sites excluding steroid dienone is 5. The molecule has 0 amide bonds. The number of para-hydroxylation sites is 1. The zero-order valence-corrected chi connectivity index (χ0v) is 26.9. The summed E-state index contributed by atoms with van der Waals surface area (Å²) >= 11 is 0. The van der Waals surface area contributed by atoms with Crippen molar-refractivity contribution in [3.8, 4) is 0 Å². The molecule has 0 bridgehead atoms. The van der Waals surface area contributed by atoms with Crippen LogP contribution in [-0.4, -0.2) is 4.57 Å². The molecule has 0 spiro atoms. The molecular weight excluding hydrogens is 569 g/mol. The van der Waals surface area contributed by atoms with Crippen LogP contribution in [0.2, 0.25) is 0 Å². The Labute approximate surface area is 276 Å². The fourth-order valence-corrected chi connectivity index (χ4v) is 8.13. The van der Waals surface area contributed by atoms with Gasteiger partial charge in [0, 0.05) is 51.7 Å². The third-order valence-corrected chi connectivity index (χ3v) is 10.4. The molecule has 2 aliphatic rings. The van der Waals surface area contributed by atoms with Gasteiger partial charge in [-0.3, -0.25) is 0 Å². The van der Waals surface area contributed by atoms with Gasteiger partial charge >= 0.3 is 0 Å². The minimum atomic E-state index is 0.321. The highest BCUT2D eigenvalue weighted by Gasteiger charge is 2.21. The Morgan fingerprint density at radius 3 is 2.15 bits per heavy atom. The molecule has 47 heavy (non-hydrogen) atoms. The third kappa shape index (κ3) is 4.70. The van der Waals surface area contributed by atoms with Gasteiger partial charge < -0.3 is 9.47 Å². The maximum atomic E-state index is 2.46. The van der Waals surface area contributed by atoms with Crippen LogP contribution in [-0.2, 0) is 7.05 Å². The van der Waals surface area contributed by atoms with Crippen LogP contribution in [0.1, 0.15) is 49.1 Å². The van der Waals surface area contributed by atoms with E-state index in [0.29, 0.717) is 5.92 Å². The standard InChI is InChI=1S/C45H38N2/c1-46-43-28-25-34(30-42(43)44-40-21-10-8-19-38(40)39-20-9-11-22-41(39)45(44)46)32-23-26-36(27-24-32)47(35-16-6-3-7-17-35)37-18-12-15-33(29-37)31-13-4-2-5-14-31/h3,6-13,15-23,25-30,32H,2,4-5,14,24H2,1H3. The molecule has 0 aliphatic heterocycles. The lowest BCUT2D eigenvalue weighted by Crippen LogP contribution is -2.17. The Morgan fingerprint density at radius 2 is 1.38 bits per heavy atom.